The van der Waals surface area contributed by atoms with Crippen LogP contribution in [0.4, 0.5) is 0 Å². The van der Waals surface area contributed by atoms with Gasteiger partial charge in [0, 0.05) is 6.20 Å². The molecule has 5 heteroatoms. The molecular weight excluding hydrogens is 260 g/mol. The minimum absolute atomic E-state index is 0.446. The molecule has 0 aliphatic heterocycles. The van der Waals surface area contributed by atoms with Gasteiger partial charge in [-0.1, -0.05) is 6.42 Å². The quantitative estimate of drug-likeness (QED) is 0.894. The van der Waals surface area contributed by atoms with Crippen LogP contribution in [-0.2, 0) is 10.2 Å². The van der Waals surface area contributed by atoms with E-state index in [0.717, 1.165) is 16.6 Å². The Labute approximate surface area is 95.9 Å². The largest absolute Gasteiger partial charge is 0.480 e. The van der Waals surface area contributed by atoms with Gasteiger partial charge in [-0.2, -0.15) is 0 Å². The molecule has 1 aliphatic carbocycles. The summed E-state index contributed by atoms with van der Waals surface area (Å²) in [4.78, 5) is 19.6. The molecule has 0 atom stereocenters. The first-order valence-electron chi connectivity index (χ1n) is 4.79. The number of carboxylic acids is 1. The van der Waals surface area contributed by atoms with E-state index in [9.17, 15) is 9.90 Å². The molecule has 1 aromatic heterocycles. The highest BCUT2D eigenvalue weighted by Gasteiger charge is 2.48. The summed E-state index contributed by atoms with van der Waals surface area (Å²) in [6.45, 7) is 1.84. The molecule has 1 aliphatic rings. The second-order valence-corrected chi connectivity index (χ2v) is 4.72. The van der Waals surface area contributed by atoms with Gasteiger partial charge in [-0.25, -0.2) is 9.97 Å². The molecule has 2 rings (SSSR count). The van der Waals surface area contributed by atoms with Gasteiger partial charge in [0.1, 0.15) is 11.2 Å². The molecule has 1 heterocycles. The lowest BCUT2D eigenvalue weighted by Crippen LogP contribution is -2.44. The van der Waals surface area contributed by atoms with E-state index in [1.165, 1.54) is 0 Å². The maximum atomic E-state index is 11.2. The van der Waals surface area contributed by atoms with Crippen molar-refractivity contribution in [3.63, 3.8) is 0 Å². The molecule has 1 saturated carbocycles. The van der Waals surface area contributed by atoms with Crippen LogP contribution in [0.25, 0.3) is 0 Å². The van der Waals surface area contributed by atoms with E-state index in [4.69, 9.17) is 0 Å². The van der Waals surface area contributed by atoms with Crippen LogP contribution in [0.3, 0.4) is 0 Å². The van der Waals surface area contributed by atoms with Crippen molar-refractivity contribution in [2.24, 2.45) is 0 Å². The van der Waals surface area contributed by atoms with Gasteiger partial charge >= 0.3 is 5.97 Å². The zero-order valence-corrected chi connectivity index (χ0v) is 9.91. The predicted molar refractivity (Wildman–Crippen MR) is 57.6 cm³/mol. The van der Waals surface area contributed by atoms with E-state index in [1.807, 2.05) is 6.92 Å². The summed E-state index contributed by atoms with van der Waals surface area (Å²) in [5, 5.41) is 9.21. The summed E-state index contributed by atoms with van der Waals surface area (Å²) in [7, 11) is 0. The first-order valence-corrected chi connectivity index (χ1v) is 5.58. The lowest BCUT2D eigenvalue weighted by molar-refractivity contribution is -0.147. The molecule has 0 saturated heterocycles. The van der Waals surface area contributed by atoms with Gasteiger partial charge in [-0.15, -0.1) is 0 Å². The second kappa shape index (κ2) is 3.56. The second-order valence-electron chi connectivity index (χ2n) is 3.87. The topological polar surface area (TPSA) is 63.1 Å². The van der Waals surface area contributed by atoms with Crippen LogP contribution in [0.2, 0.25) is 0 Å². The number of aryl methyl sites for hydroxylation is 1. The molecular formula is C10H11BrN2O2. The number of aliphatic carboxylic acids is 1. The van der Waals surface area contributed by atoms with Gasteiger partial charge in [-0.3, -0.25) is 4.79 Å². The number of aromatic nitrogens is 2. The summed E-state index contributed by atoms with van der Waals surface area (Å²) >= 11 is 3.30. The molecule has 0 radical (unpaired) electrons. The highest BCUT2D eigenvalue weighted by molar-refractivity contribution is 9.10. The summed E-state index contributed by atoms with van der Waals surface area (Å²) in [5.41, 5.74) is -0.0432. The summed E-state index contributed by atoms with van der Waals surface area (Å²) in [6.07, 6.45) is 3.85. The average Bonchev–Trinajstić information content (AvgIpc) is 2.08. The molecule has 80 valence electrons. The predicted octanol–water partition coefficient (Wildman–Crippen LogP) is 2.05. The minimum atomic E-state index is -0.828. The van der Waals surface area contributed by atoms with Crippen LogP contribution in [0.15, 0.2) is 10.7 Å². The fraction of sp³-hybridized carbons (Fsp3) is 0.500. The number of hydrogen-bond donors (Lipinski definition) is 1. The Bertz CT molecular complexity index is 416. The molecule has 4 nitrogen and oxygen atoms in total. The lowest BCUT2D eigenvalue weighted by Gasteiger charge is -2.35. The van der Waals surface area contributed by atoms with E-state index in [1.54, 1.807) is 6.20 Å². The van der Waals surface area contributed by atoms with Crippen molar-refractivity contribution >= 4 is 21.9 Å². The van der Waals surface area contributed by atoms with Crippen molar-refractivity contribution in [1.29, 1.82) is 0 Å². The van der Waals surface area contributed by atoms with Crippen molar-refractivity contribution in [3.05, 3.63) is 22.2 Å². The van der Waals surface area contributed by atoms with Gasteiger partial charge in [0.05, 0.1) is 10.2 Å². The molecule has 1 aromatic rings. The van der Waals surface area contributed by atoms with Crippen LogP contribution in [-0.4, -0.2) is 21.0 Å². The van der Waals surface area contributed by atoms with Crippen LogP contribution in [0.1, 0.15) is 30.8 Å². The molecule has 15 heavy (non-hydrogen) atoms. The molecule has 0 unspecified atom stereocenters. The van der Waals surface area contributed by atoms with Gasteiger partial charge in [0.2, 0.25) is 0 Å². The number of carboxylic acid groups (broad SMARTS) is 1. The number of carbonyl (C=O) groups is 1. The number of halogens is 1. The minimum Gasteiger partial charge on any atom is -0.480 e. The maximum Gasteiger partial charge on any atom is 0.317 e. The molecule has 1 N–H and O–H groups in total. The summed E-state index contributed by atoms with van der Waals surface area (Å²) in [5.74, 6) is -0.363. The van der Waals surface area contributed by atoms with Crippen molar-refractivity contribution in [2.75, 3.05) is 0 Å². The molecule has 1 fully saturated rings. The van der Waals surface area contributed by atoms with E-state index in [-0.39, 0.29) is 0 Å². The van der Waals surface area contributed by atoms with Crippen molar-refractivity contribution in [1.82, 2.24) is 9.97 Å². The maximum absolute atomic E-state index is 11.2. The summed E-state index contributed by atoms with van der Waals surface area (Å²) in [6, 6.07) is 0. The van der Waals surface area contributed by atoms with Gasteiger partial charge < -0.3 is 5.11 Å². The number of hydrogen-bond acceptors (Lipinski definition) is 3. The Morgan fingerprint density at radius 2 is 2.27 bits per heavy atom. The third kappa shape index (κ3) is 1.55. The van der Waals surface area contributed by atoms with Gasteiger partial charge in [-0.05, 0) is 35.7 Å². The zero-order chi connectivity index (χ0) is 11.1. The Morgan fingerprint density at radius 1 is 1.60 bits per heavy atom. The van der Waals surface area contributed by atoms with E-state index in [0.29, 0.717) is 18.7 Å². The fourth-order valence-corrected chi connectivity index (χ4v) is 1.94. The third-order valence-electron chi connectivity index (χ3n) is 2.96. The SMILES string of the molecule is Cc1nc(C2(C(=O)O)CCC2)ncc1Br. The van der Waals surface area contributed by atoms with E-state index >= 15 is 0 Å². The van der Waals surface area contributed by atoms with Gasteiger partial charge in [0.25, 0.3) is 0 Å². The first kappa shape index (κ1) is 10.5. The Kier molecular flexibility index (Phi) is 2.50. The average molecular weight is 271 g/mol. The van der Waals surface area contributed by atoms with Crippen LogP contribution in [0.5, 0.6) is 0 Å². The fourth-order valence-electron chi connectivity index (χ4n) is 1.75. The van der Waals surface area contributed by atoms with E-state index < -0.39 is 11.4 Å². The lowest BCUT2D eigenvalue weighted by atomic mass is 9.68. The normalized spacial score (nSPS) is 18.3. The highest BCUT2D eigenvalue weighted by Crippen LogP contribution is 2.42. The Hall–Kier alpha value is -0.970. The monoisotopic (exact) mass is 270 g/mol. The van der Waals surface area contributed by atoms with Crippen molar-refractivity contribution in [2.45, 2.75) is 31.6 Å². The van der Waals surface area contributed by atoms with Crippen LogP contribution >= 0.6 is 15.9 Å². The van der Waals surface area contributed by atoms with Crippen LogP contribution < -0.4 is 0 Å². The molecule has 0 spiro atoms. The Morgan fingerprint density at radius 3 is 2.67 bits per heavy atom. The van der Waals surface area contributed by atoms with Crippen LogP contribution in [0, 0.1) is 6.92 Å². The third-order valence-corrected chi connectivity index (χ3v) is 3.74. The Balaban J connectivity index is 2.44. The zero-order valence-electron chi connectivity index (χ0n) is 8.33. The molecule has 0 amide bonds. The number of rotatable bonds is 2. The molecule has 0 bridgehead atoms. The summed E-state index contributed by atoms with van der Waals surface area (Å²) < 4.78 is 0.811. The van der Waals surface area contributed by atoms with Crippen molar-refractivity contribution in [3.8, 4) is 0 Å². The van der Waals surface area contributed by atoms with Gasteiger partial charge in [0.15, 0.2) is 0 Å². The molecule has 0 aromatic carbocycles. The van der Waals surface area contributed by atoms with E-state index in [2.05, 4.69) is 25.9 Å². The smallest absolute Gasteiger partial charge is 0.317 e. The standard InChI is InChI=1S/C10H11BrN2O2/c1-6-7(11)5-12-8(13-6)10(9(14)15)3-2-4-10/h5H,2-4H2,1H3,(H,14,15). The van der Waals surface area contributed by atoms with Crippen molar-refractivity contribution < 1.29 is 9.90 Å². The number of nitrogens with zero attached hydrogens (tertiary/aromatic N) is 2. The highest BCUT2D eigenvalue weighted by atomic mass is 79.9. The first-order chi connectivity index (χ1) is 7.06.